The molecule has 10 heteroatoms. The van der Waals surface area contributed by atoms with Crippen molar-refractivity contribution in [2.75, 3.05) is 13.2 Å². The van der Waals surface area contributed by atoms with Crippen LogP contribution in [0.5, 0.6) is 5.75 Å². The molecule has 2 fully saturated rings. The summed E-state index contributed by atoms with van der Waals surface area (Å²) < 4.78 is 91.7. The average Bonchev–Trinajstić information content (AvgIpc) is 3.50. The maximum atomic E-state index is 14.3. The molecule has 2 aromatic rings. The van der Waals surface area contributed by atoms with Crippen molar-refractivity contribution < 1.29 is 40.6 Å². The first-order valence-corrected chi connectivity index (χ1v) is 11.1. The van der Waals surface area contributed by atoms with E-state index in [2.05, 4.69) is 0 Å². The van der Waals surface area contributed by atoms with Crippen molar-refractivity contribution in [3.63, 3.8) is 0 Å². The molecule has 2 aromatic carbocycles. The standard InChI is InChI=1S/C24H21ClF6O3/c1-2-33-20(32)22(11-21(12-22)8-9-21)16-10-15(14-6-4-3-5-7-14)19(34-13-23(26,27)28)18(25)17(16)24(29,30)31/h3-7,10H,2,8-9,11-13H2,1H3. The fraction of sp³-hybridized carbons (Fsp3) is 0.458. The van der Waals surface area contributed by atoms with Crippen LogP contribution in [-0.4, -0.2) is 25.4 Å². The number of esters is 1. The molecule has 0 amide bonds. The molecule has 2 aliphatic rings. The predicted molar refractivity (Wildman–Crippen MR) is 113 cm³/mol. The van der Waals surface area contributed by atoms with Gasteiger partial charge >= 0.3 is 18.3 Å². The van der Waals surface area contributed by atoms with Crippen LogP contribution in [0.25, 0.3) is 11.1 Å². The van der Waals surface area contributed by atoms with Crippen molar-refractivity contribution in [2.24, 2.45) is 5.41 Å². The van der Waals surface area contributed by atoms with Gasteiger partial charge in [-0.1, -0.05) is 41.9 Å². The summed E-state index contributed by atoms with van der Waals surface area (Å²) in [7, 11) is 0. The molecule has 0 radical (unpaired) electrons. The van der Waals surface area contributed by atoms with Crippen molar-refractivity contribution in [1.29, 1.82) is 0 Å². The molecule has 0 aromatic heterocycles. The van der Waals surface area contributed by atoms with Gasteiger partial charge in [-0.05, 0) is 55.2 Å². The van der Waals surface area contributed by atoms with Gasteiger partial charge in [0.15, 0.2) is 6.61 Å². The minimum atomic E-state index is -5.05. The lowest BCUT2D eigenvalue weighted by Gasteiger charge is -2.48. The third-order valence-electron chi connectivity index (χ3n) is 6.46. The molecule has 4 rings (SSSR count). The van der Waals surface area contributed by atoms with Crippen LogP contribution in [0.1, 0.15) is 43.7 Å². The van der Waals surface area contributed by atoms with E-state index in [1.165, 1.54) is 12.1 Å². The van der Waals surface area contributed by atoms with Crippen LogP contribution in [0.15, 0.2) is 36.4 Å². The number of alkyl halides is 6. The molecule has 3 nitrogen and oxygen atoms in total. The summed E-state index contributed by atoms with van der Waals surface area (Å²) >= 11 is 6.17. The van der Waals surface area contributed by atoms with E-state index in [0.717, 1.165) is 18.9 Å². The van der Waals surface area contributed by atoms with Crippen molar-refractivity contribution in [3.05, 3.63) is 52.5 Å². The van der Waals surface area contributed by atoms with Gasteiger partial charge in [-0.25, -0.2) is 0 Å². The van der Waals surface area contributed by atoms with Crippen LogP contribution in [0.2, 0.25) is 5.02 Å². The summed E-state index contributed by atoms with van der Waals surface area (Å²) in [4.78, 5) is 13.0. The number of carbonyl (C=O) groups is 1. The SMILES string of the molecule is CCOC(=O)C1(c2cc(-c3ccccc3)c(OCC(F)(F)F)c(Cl)c2C(F)(F)F)CC2(CC2)C1. The molecule has 184 valence electrons. The molecule has 1 spiro atoms. The first kappa shape index (κ1) is 24.7. The summed E-state index contributed by atoms with van der Waals surface area (Å²) in [6.07, 6.45) is -7.94. The maximum absolute atomic E-state index is 14.3. The maximum Gasteiger partial charge on any atom is 0.422 e. The van der Waals surface area contributed by atoms with E-state index in [1.807, 2.05) is 0 Å². The Morgan fingerprint density at radius 1 is 1.06 bits per heavy atom. The van der Waals surface area contributed by atoms with Gasteiger partial charge in [-0.15, -0.1) is 0 Å². The summed E-state index contributed by atoms with van der Waals surface area (Å²) in [5.74, 6) is -1.53. The molecule has 0 aliphatic heterocycles. The highest BCUT2D eigenvalue weighted by molar-refractivity contribution is 6.33. The smallest absolute Gasteiger partial charge is 0.422 e. The monoisotopic (exact) mass is 506 g/mol. The predicted octanol–water partition coefficient (Wildman–Crippen LogP) is 7.34. The number of carbonyl (C=O) groups excluding carboxylic acids is 1. The second-order valence-corrected chi connectivity index (χ2v) is 9.29. The Kier molecular flexibility index (Phi) is 6.07. The van der Waals surface area contributed by atoms with Gasteiger partial charge in [-0.3, -0.25) is 4.79 Å². The van der Waals surface area contributed by atoms with Gasteiger partial charge in [0, 0.05) is 5.56 Å². The van der Waals surface area contributed by atoms with Crippen LogP contribution in [0.4, 0.5) is 26.3 Å². The largest absolute Gasteiger partial charge is 0.482 e. The van der Waals surface area contributed by atoms with Crippen LogP contribution in [0.3, 0.4) is 0 Å². The lowest BCUT2D eigenvalue weighted by molar-refractivity contribution is -0.159. The third-order valence-corrected chi connectivity index (χ3v) is 6.82. The molecule has 0 heterocycles. The first-order chi connectivity index (χ1) is 15.8. The summed E-state index contributed by atoms with van der Waals surface area (Å²) in [5.41, 5.74) is -3.31. The Morgan fingerprint density at radius 2 is 1.68 bits per heavy atom. The van der Waals surface area contributed by atoms with Gasteiger partial charge in [0.2, 0.25) is 0 Å². The van der Waals surface area contributed by atoms with Gasteiger partial charge in [-0.2, -0.15) is 26.3 Å². The summed E-state index contributed by atoms with van der Waals surface area (Å²) in [6, 6.07) is 8.94. The molecular formula is C24H21ClF6O3. The van der Waals surface area contributed by atoms with Crippen molar-refractivity contribution in [2.45, 2.75) is 50.4 Å². The van der Waals surface area contributed by atoms with E-state index in [0.29, 0.717) is 5.56 Å². The molecule has 2 aliphatic carbocycles. The lowest BCUT2D eigenvalue weighted by Crippen LogP contribution is -2.51. The fourth-order valence-corrected chi connectivity index (χ4v) is 5.25. The second kappa shape index (κ2) is 8.36. The number of ether oxygens (including phenoxy) is 2. The number of hydrogen-bond acceptors (Lipinski definition) is 3. The number of halogens is 7. The molecular weight excluding hydrogens is 486 g/mol. The number of rotatable bonds is 6. The Morgan fingerprint density at radius 3 is 2.18 bits per heavy atom. The zero-order valence-corrected chi connectivity index (χ0v) is 18.8. The topological polar surface area (TPSA) is 35.5 Å². The molecule has 34 heavy (non-hydrogen) atoms. The highest BCUT2D eigenvalue weighted by Crippen LogP contribution is 2.70. The van der Waals surface area contributed by atoms with Gasteiger partial charge in [0.1, 0.15) is 5.75 Å². The van der Waals surface area contributed by atoms with Gasteiger partial charge in [0.05, 0.1) is 22.6 Å². The van der Waals surface area contributed by atoms with Crippen molar-refractivity contribution in [1.82, 2.24) is 0 Å². The van der Waals surface area contributed by atoms with Crippen LogP contribution in [-0.2, 0) is 21.1 Å². The molecule has 2 saturated carbocycles. The highest BCUT2D eigenvalue weighted by atomic mass is 35.5. The zero-order chi connectivity index (χ0) is 24.9. The molecule has 0 atom stereocenters. The third kappa shape index (κ3) is 4.46. The highest BCUT2D eigenvalue weighted by Gasteiger charge is 2.67. The van der Waals surface area contributed by atoms with Crippen molar-refractivity contribution in [3.8, 4) is 16.9 Å². The number of benzene rings is 2. The second-order valence-electron chi connectivity index (χ2n) is 8.91. The normalized spacial score (nSPS) is 18.4. The molecule has 0 saturated heterocycles. The summed E-state index contributed by atoms with van der Waals surface area (Å²) in [6.45, 7) is -0.297. The van der Waals surface area contributed by atoms with Gasteiger partial charge in [0.25, 0.3) is 0 Å². The summed E-state index contributed by atoms with van der Waals surface area (Å²) in [5, 5.41) is -1.01. The van der Waals surface area contributed by atoms with E-state index < -0.39 is 46.7 Å². The quantitative estimate of drug-likeness (QED) is 0.304. The zero-order valence-electron chi connectivity index (χ0n) is 18.1. The average molecular weight is 507 g/mol. The first-order valence-electron chi connectivity index (χ1n) is 10.7. The Balaban J connectivity index is 1.97. The van der Waals surface area contributed by atoms with Crippen LogP contribution < -0.4 is 4.74 Å². The van der Waals surface area contributed by atoms with E-state index in [4.69, 9.17) is 21.1 Å². The Labute approximate surface area is 197 Å². The van der Waals surface area contributed by atoms with Crippen LogP contribution >= 0.6 is 11.6 Å². The Bertz CT molecular complexity index is 1080. The van der Waals surface area contributed by atoms with E-state index in [9.17, 15) is 31.1 Å². The van der Waals surface area contributed by atoms with E-state index in [-0.39, 0.29) is 36.0 Å². The molecule has 0 bridgehead atoms. The fourth-order valence-electron chi connectivity index (χ4n) is 4.89. The minimum absolute atomic E-state index is 0.0268. The lowest BCUT2D eigenvalue weighted by atomic mass is 9.55. The molecule has 0 N–H and O–H groups in total. The molecule has 0 unspecified atom stereocenters. The van der Waals surface area contributed by atoms with E-state index in [1.54, 1.807) is 25.1 Å². The van der Waals surface area contributed by atoms with E-state index >= 15 is 0 Å². The van der Waals surface area contributed by atoms with Gasteiger partial charge < -0.3 is 9.47 Å². The van der Waals surface area contributed by atoms with Crippen LogP contribution in [0, 0.1) is 5.41 Å². The minimum Gasteiger partial charge on any atom is -0.482 e. The van der Waals surface area contributed by atoms with Crippen molar-refractivity contribution >= 4 is 17.6 Å². The Hall–Kier alpha value is -2.42. The number of hydrogen-bond donors (Lipinski definition) is 0.